The summed E-state index contributed by atoms with van der Waals surface area (Å²) < 4.78 is 5.36. The van der Waals surface area contributed by atoms with Gasteiger partial charge in [0.1, 0.15) is 0 Å². The molecule has 1 aromatic rings. The highest BCUT2D eigenvalue weighted by atomic mass is 35.5. The monoisotopic (exact) mass is 272 g/mol. The van der Waals surface area contributed by atoms with Gasteiger partial charge in [0.2, 0.25) is 11.2 Å². The van der Waals surface area contributed by atoms with Crippen LogP contribution in [0, 0.1) is 0 Å². The summed E-state index contributed by atoms with van der Waals surface area (Å²) in [5.74, 6) is 0.325. The zero-order valence-corrected chi connectivity index (χ0v) is 11.2. The second-order valence-electron chi connectivity index (χ2n) is 4.81. The molecule has 7 heteroatoms. The van der Waals surface area contributed by atoms with E-state index in [4.69, 9.17) is 16.3 Å². The van der Waals surface area contributed by atoms with Gasteiger partial charge in [0, 0.05) is 6.54 Å². The van der Waals surface area contributed by atoms with Crippen LogP contribution in [-0.2, 0) is 0 Å². The SMILES string of the molecule is CC(C)Oc1nc(Cl)nc(NCC2(O)CCC2)n1. The second-order valence-corrected chi connectivity index (χ2v) is 5.15. The summed E-state index contributed by atoms with van der Waals surface area (Å²) in [4.78, 5) is 11.9. The molecule has 1 aliphatic rings. The summed E-state index contributed by atoms with van der Waals surface area (Å²) in [6, 6.07) is 0.188. The summed E-state index contributed by atoms with van der Waals surface area (Å²) in [5, 5.41) is 13.0. The molecule has 0 spiro atoms. The van der Waals surface area contributed by atoms with Crippen LogP contribution >= 0.6 is 11.6 Å². The van der Waals surface area contributed by atoms with Gasteiger partial charge in [0.15, 0.2) is 0 Å². The van der Waals surface area contributed by atoms with Gasteiger partial charge in [-0.3, -0.25) is 0 Å². The highest BCUT2D eigenvalue weighted by Gasteiger charge is 2.34. The lowest BCUT2D eigenvalue weighted by Gasteiger charge is -2.36. The molecule has 1 aliphatic carbocycles. The van der Waals surface area contributed by atoms with E-state index in [1.165, 1.54) is 0 Å². The second kappa shape index (κ2) is 5.24. The molecule has 0 amide bonds. The number of nitrogens with zero attached hydrogens (tertiary/aromatic N) is 3. The fourth-order valence-corrected chi connectivity index (χ4v) is 1.83. The Labute approximate surface area is 111 Å². The van der Waals surface area contributed by atoms with Gasteiger partial charge >= 0.3 is 6.01 Å². The van der Waals surface area contributed by atoms with Gasteiger partial charge in [-0.1, -0.05) is 0 Å². The highest BCUT2D eigenvalue weighted by Crippen LogP contribution is 2.31. The Hall–Kier alpha value is -1.14. The maximum Gasteiger partial charge on any atom is 0.322 e. The molecule has 1 saturated carbocycles. The number of ether oxygens (including phenoxy) is 1. The van der Waals surface area contributed by atoms with Crippen molar-refractivity contribution in [1.29, 1.82) is 0 Å². The summed E-state index contributed by atoms with van der Waals surface area (Å²) in [6.07, 6.45) is 2.62. The molecule has 1 heterocycles. The van der Waals surface area contributed by atoms with Crippen molar-refractivity contribution in [2.24, 2.45) is 0 Å². The molecule has 0 atom stereocenters. The van der Waals surface area contributed by atoms with Crippen molar-refractivity contribution in [2.45, 2.75) is 44.8 Å². The summed E-state index contributed by atoms with van der Waals surface area (Å²) >= 11 is 5.79. The number of halogens is 1. The molecule has 0 radical (unpaired) electrons. The fraction of sp³-hybridized carbons (Fsp3) is 0.727. The molecule has 6 nitrogen and oxygen atoms in total. The molecule has 0 saturated heterocycles. The number of anilines is 1. The standard InChI is InChI=1S/C11H17ClN4O2/c1-7(2)18-10-15-8(12)14-9(16-10)13-6-11(17)4-3-5-11/h7,17H,3-6H2,1-2H3,(H,13,14,15,16). The molecular weight excluding hydrogens is 256 g/mol. The van der Waals surface area contributed by atoms with Crippen molar-refractivity contribution < 1.29 is 9.84 Å². The molecule has 2 rings (SSSR count). The predicted octanol–water partition coefficient (Wildman–Crippen LogP) is 1.64. The molecule has 18 heavy (non-hydrogen) atoms. The third-order valence-electron chi connectivity index (χ3n) is 2.79. The van der Waals surface area contributed by atoms with Crippen molar-refractivity contribution in [3.05, 3.63) is 5.28 Å². The molecule has 0 aliphatic heterocycles. The van der Waals surface area contributed by atoms with E-state index in [2.05, 4.69) is 20.3 Å². The first-order chi connectivity index (χ1) is 8.47. The zero-order chi connectivity index (χ0) is 13.2. The quantitative estimate of drug-likeness (QED) is 0.848. The molecule has 1 aromatic heterocycles. The fourth-order valence-electron chi connectivity index (χ4n) is 1.68. The lowest BCUT2D eigenvalue weighted by molar-refractivity contribution is -0.0203. The van der Waals surface area contributed by atoms with Crippen LogP contribution < -0.4 is 10.1 Å². The van der Waals surface area contributed by atoms with E-state index in [-0.39, 0.29) is 17.4 Å². The first kappa shape index (κ1) is 13.3. The topological polar surface area (TPSA) is 80.2 Å². The van der Waals surface area contributed by atoms with Crippen LogP contribution in [0.4, 0.5) is 5.95 Å². The molecule has 100 valence electrons. The van der Waals surface area contributed by atoms with Gasteiger partial charge in [-0.25, -0.2) is 0 Å². The zero-order valence-electron chi connectivity index (χ0n) is 10.5. The number of hydrogen-bond acceptors (Lipinski definition) is 6. The Balaban J connectivity index is 2.00. The first-order valence-corrected chi connectivity index (χ1v) is 6.39. The van der Waals surface area contributed by atoms with Gasteiger partial charge in [0.05, 0.1) is 11.7 Å². The third kappa shape index (κ3) is 3.43. The van der Waals surface area contributed by atoms with E-state index in [9.17, 15) is 5.11 Å². The number of aromatic nitrogens is 3. The van der Waals surface area contributed by atoms with Gasteiger partial charge in [-0.2, -0.15) is 15.0 Å². The lowest BCUT2D eigenvalue weighted by Crippen LogP contribution is -2.43. The van der Waals surface area contributed by atoms with E-state index in [0.717, 1.165) is 19.3 Å². The van der Waals surface area contributed by atoms with Crippen LogP contribution in [-0.4, -0.2) is 38.3 Å². The molecule has 1 fully saturated rings. The van der Waals surface area contributed by atoms with E-state index < -0.39 is 5.60 Å². The molecule has 2 N–H and O–H groups in total. The van der Waals surface area contributed by atoms with Crippen LogP contribution in [0.5, 0.6) is 6.01 Å². The average Bonchev–Trinajstić information content (AvgIpc) is 2.22. The Morgan fingerprint density at radius 3 is 2.67 bits per heavy atom. The number of nitrogens with one attached hydrogen (secondary N) is 1. The minimum Gasteiger partial charge on any atom is -0.461 e. The van der Waals surface area contributed by atoms with Gasteiger partial charge in [-0.05, 0) is 44.7 Å². The maximum absolute atomic E-state index is 9.96. The van der Waals surface area contributed by atoms with Gasteiger partial charge in [0.25, 0.3) is 0 Å². The van der Waals surface area contributed by atoms with Crippen molar-refractivity contribution in [1.82, 2.24) is 15.0 Å². The van der Waals surface area contributed by atoms with Crippen LogP contribution in [0.2, 0.25) is 5.28 Å². The molecule has 0 unspecified atom stereocenters. The van der Waals surface area contributed by atoms with Crippen LogP contribution in [0.15, 0.2) is 0 Å². The van der Waals surface area contributed by atoms with Gasteiger partial charge < -0.3 is 15.2 Å². The Bertz CT molecular complexity index is 424. The molecular formula is C11H17ClN4O2. The average molecular weight is 273 g/mol. The predicted molar refractivity (Wildman–Crippen MR) is 67.9 cm³/mol. The van der Waals surface area contributed by atoms with E-state index in [0.29, 0.717) is 12.5 Å². The highest BCUT2D eigenvalue weighted by molar-refractivity contribution is 6.28. The van der Waals surface area contributed by atoms with Crippen molar-refractivity contribution in [2.75, 3.05) is 11.9 Å². The minimum atomic E-state index is -0.641. The van der Waals surface area contributed by atoms with Crippen LogP contribution in [0.1, 0.15) is 33.1 Å². The normalized spacial score (nSPS) is 17.4. The number of hydrogen-bond donors (Lipinski definition) is 2. The van der Waals surface area contributed by atoms with Gasteiger partial charge in [-0.15, -0.1) is 0 Å². The summed E-state index contributed by atoms with van der Waals surface area (Å²) in [5.41, 5.74) is -0.641. The third-order valence-corrected chi connectivity index (χ3v) is 2.96. The van der Waals surface area contributed by atoms with E-state index in [1.54, 1.807) is 0 Å². The van der Waals surface area contributed by atoms with E-state index >= 15 is 0 Å². The van der Waals surface area contributed by atoms with Crippen molar-refractivity contribution >= 4 is 17.5 Å². The smallest absolute Gasteiger partial charge is 0.322 e. The maximum atomic E-state index is 9.96. The Morgan fingerprint density at radius 2 is 2.11 bits per heavy atom. The van der Waals surface area contributed by atoms with Crippen LogP contribution in [0.25, 0.3) is 0 Å². The first-order valence-electron chi connectivity index (χ1n) is 6.01. The minimum absolute atomic E-state index is 0.0351. The van der Waals surface area contributed by atoms with E-state index in [1.807, 2.05) is 13.8 Å². The Kier molecular flexibility index (Phi) is 3.87. The lowest BCUT2D eigenvalue weighted by atomic mass is 9.80. The summed E-state index contributed by atoms with van der Waals surface area (Å²) in [6.45, 7) is 4.16. The summed E-state index contributed by atoms with van der Waals surface area (Å²) in [7, 11) is 0. The number of aliphatic hydroxyl groups is 1. The van der Waals surface area contributed by atoms with Crippen molar-refractivity contribution in [3.8, 4) is 6.01 Å². The Morgan fingerprint density at radius 1 is 1.39 bits per heavy atom. The van der Waals surface area contributed by atoms with Crippen molar-refractivity contribution in [3.63, 3.8) is 0 Å². The molecule has 0 aromatic carbocycles. The molecule has 0 bridgehead atoms. The largest absolute Gasteiger partial charge is 0.461 e. The van der Waals surface area contributed by atoms with Crippen LogP contribution in [0.3, 0.4) is 0 Å². The number of rotatable bonds is 5.